The van der Waals surface area contributed by atoms with Gasteiger partial charge in [-0.2, -0.15) is 0 Å². The number of nitrogens with zero attached hydrogens (tertiary/aromatic N) is 3. The van der Waals surface area contributed by atoms with E-state index in [1.165, 1.54) is 0 Å². The predicted molar refractivity (Wildman–Crippen MR) is 231 cm³/mol. The van der Waals surface area contributed by atoms with Gasteiger partial charge in [-0.05, 0) is 101 Å². The van der Waals surface area contributed by atoms with Crippen molar-refractivity contribution in [1.29, 1.82) is 0 Å². The fourth-order valence-electron chi connectivity index (χ4n) is 6.61. The topological polar surface area (TPSA) is 62.3 Å². The van der Waals surface area contributed by atoms with Crippen LogP contribution in [0.5, 0.6) is 5.75 Å². The molecule has 0 atom stereocenters. The van der Waals surface area contributed by atoms with Crippen molar-refractivity contribution < 1.29 is 19.1 Å². The highest BCUT2D eigenvalue weighted by Gasteiger charge is 2.26. The number of fused-ring (bicyclic) bond motifs is 1. The molecule has 0 bridgehead atoms. The molecule has 0 radical (unpaired) electrons. The normalized spacial score (nSPS) is 15.4. The number of carbonyl (C=O) groups is 2. The van der Waals surface area contributed by atoms with E-state index in [1.54, 1.807) is 4.90 Å². The number of benzene rings is 2. The SMILES string of the molecule is CC/C=C\C/C=C\C/C=C\C/C=C\C/C=C\CCCCCC(=O)OCN1C(=O)CCc2ccc(OCCCCN3CCN(c4cccc(Cl)c4Cl)CC3)cc21. The van der Waals surface area contributed by atoms with Gasteiger partial charge < -0.3 is 14.4 Å². The van der Waals surface area contributed by atoms with E-state index >= 15 is 0 Å². The molecule has 0 aliphatic carbocycles. The van der Waals surface area contributed by atoms with Gasteiger partial charge in [-0.3, -0.25) is 19.4 Å². The minimum absolute atomic E-state index is 0.0350. The zero-order valence-electron chi connectivity index (χ0n) is 32.8. The average Bonchev–Trinajstić information content (AvgIpc) is 3.19. The van der Waals surface area contributed by atoms with Gasteiger partial charge in [0.1, 0.15) is 5.75 Å². The van der Waals surface area contributed by atoms with E-state index in [0.29, 0.717) is 35.9 Å². The molecule has 1 amide bonds. The number of hydrogen-bond donors (Lipinski definition) is 0. The van der Waals surface area contributed by atoms with E-state index in [9.17, 15) is 9.59 Å². The molecule has 0 spiro atoms. The van der Waals surface area contributed by atoms with E-state index in [-0.39, 0.29) is 18.6 Å². The van der Waals surface area contributed by atoms with Crippen LogP contribution >= 0.6 is 23.2 Å². The Hall–Kier alpha value is -3.78. The van der Waals surface area contributed by atoms with E-state index < -0.39 is 0 Å². The largest absolute Gasteiger partial charge is 0.494 e. The number of amides is 1. The summed E-state index contributed by atoms with van der Waals surface area (Å²) in [7, 11) is 0. The van der Waals surface area contributed by atoms with Crippen LogP contribution in [0.15, 0.2) is 97.2 Å². The molecule has 1 fully saturated rings. The van der Waals surface area contributed by atoms with Crippen LogP contribution in [-0.2, 0) is 20.7 Å². The van der Waals surface area contributed by atoms with Crippen LogP contribution in [0.2, 0.25) is 10.0 Å². The Morgan fingerprint density at radius 2 is 1.44 bits per heavy atom. The number of carbonyl (C=O) groups excluding carboxylic acids is 2. The Bertz CT molecular complexity index is 1610. The molecule has 9 heteroatoms. The Labute approximate surface area is 340 Å². The van der Waals surface area contributed by atoms with Crippen LogP contribution in [-0.4, -0.2) is 62.8 Å². The lowest BCUT2D eigenvalue weighted by molar-refractivity contribution is -0.144. The molecule has 0 N–H and O–H groups in total. The quantitative estimate of drug-likeness (QED) is 0.0600. The molecule has 298 valence electrons. The number of ether oxygens (including phenoxy) is 2. The summed E-state index contributed by atoms with van der Waals surface area (Å²) >= 11 is 12.6. The highest BCUT2D eigenvalue weighted by atomic mass is 35.5. The monoisotopic (exact) mass is 789 g/mol. The minimum Gasteiger partial charge on any atom is -0.494 e. The maximum atomic E-state index is 12.9. The smallest absolute Gasteiger partial charge is 0.307 e. The second-order valence-corrected chi connectivity index (χ2v) is 14.8. The molecule has 0 saturated carbocycles. The summed E-state index contributed by atoms with van der Waals surface area (Å²) in [6.07, 6.45) is 34.3. The van der Waals surface area contributed by atoms with Crippen molar-refractivity contribution in [3.63, 3.8) is 0 Å². The Morgan fingerprint density at radius 1 is 0.745 bits per heavy atom. The lowest BCUT2D eigenvalue weighted by atomic mass is 10.0. The van der Waals surface area contributed by atoms with Crippen LogP contribution in [0.4, 0.5) is 11.4 Å². The van der Waals surface area contributed by atoms with Gasteiger partial charge in [0.05, 0.1) is 28.0 Å². The number of anilines is 2. The van der Waals surface area contributed by atoms with Gasteiger partial charge in [0.2, 0.25) is 5.91 Å². The molecule has 1 saturated heterocycles. The standard InChI is InChI=1S/C46H61Cl2N3O4/c1-2-3-4-5-6-7-8-9-10-11-12-13-14-15-16-17-18-19-20-26-45(53)55-38-51-43-37-40(29-27-39(43)28-30-44(51)52)54-36-22-21-31-49-32-34-50(35-33-49)42-25-23-24-41(47)46(42)48/h3-4,6-7,9-10,12-13,15-16,23-25,27,29,37H,2,5,8,11,14,17-22,26,28,30-36,38H2,1H3/b4-3-,7-6-,10-9-,13-12-,16-15-. The first-order valence-corrected chi connectivity index (χ1v) is 21.1. The third-order valence-corrected chi connectivity index (χ3v) is 10.6. The first-order valence-electron chi connectivity index (χ1n) is 20.3. The number of esters is 1. The molecule has 2 aromatic rings. The van der Waals surface area contributed by atoms with Crippen molar-refractivity contribution in [2.45, 2.75) is 96.8 Å². The zero-order chi connectivity index (χ0) is 38.9. The average molecular weight is 791 g/mol. The van der Waals surface area contributed by atoms with Gasteiger partial charge in [0.25, 0.3) is 0 Å². The molecule has 2 aliphatic heterocycles. The summed E-state index contributed by atoms with van der Waals surface area (Å²) in [5, 5.41) is 1.22. The summed E-state index contributed by atoms with van der Waals surface area (Å²) in [5.41, 5.74) is 2.85. The van der Waals surface area contributed by atoms with Gasteiger partial charge >= 0.3 is 5.97 Å². The van der Waals surface area contributed by atoms with E-state index in [4.69, 9.17) is 32.7 Å². The second-order valence-electron chi connectivity index (χ2n) is 14.0. The van der Waals surface area contributed by atoms with Crippen molar-refractivity contribution in [3.8, 4) is 5.75 Å². The number of aryl methyl sites for hydroxylation is 1. The van der Waals surface area contributed by atoms with Crippen molar-refractivity contribution in [2.24, 2.45) is 0 Å². The van der Waals surface area contributed by atoms with E-state index in [1.807, 2.05) is 36.4 Å². The molecule has 0 unspecified atom stereocenters. The van der Waals surface area contributed by atoms with Crippen molar-refractivity contribution in [1.82, 2.24) is 4.90 Å². The Balaban J connectivity index is 1.04. The van der Waals surface area contributed by atoms with Crippen molar-refractivity contribution in [3.05, 3.63) is 113 Å². The van der Waals surface area contributed by atoms with Crippen LogP contribution in [0.3, 0.4) is 0 Å². The predicted octanol–water partition coefficient (Wildman–Crippen LogP) is 11.5. The molecule has 7 nitrogen and oxygen atoms in total. The highest BCUT2D eigenvalue weighted by Crippen LogP contribution is 2.33. The van der Waals surface area contributed by atoms with Gasteiger partial charge in [-0.25, -0.2) is 0 Å². The van der Waals surface area contributed by atoms with Crippen LogP contribution < -0.4 is 14.5 Å². The van der Waals surface area contributed by atoms with E-state index in [0.717, 1.165) is 126 Å². The fraction of sp³-hybridized carbons (Fsp3) is 0.478. The second kappa shape index (κ2) is 26.1. The number of hydrogen-bond acceptors (Lipinski definition) is 6. The Kier molecular flexibility index (Phi) is 20.9. The number of halogens is 2. The third-order valence-electron chi connectivity index (χ3n) is 9.80. The summed E-state index contributed by atoms with van der Waals surface area (Å²) in [5.74, 6) is 0.424. The summed E-state index contributed by atoms with van der Waals surface area (Å²) in [4.78, 5) is 31.8. The molecule has 0 aromatic heterocycles. The minimum atomic E-state index is -0.267. The molecule has 2 aromatic carbocycles. The lowest BCUT2D eigenvalue weighted by Crippen LogP contribution is -2.46. The zero-order valence-corrected chi connectivity index (χ0v) is 34.3. The first-order chi connectivity index (χ1) is 27.0. The van der Waals surface area contributed by atoms with Crippen LogP contribution in [0.25, 0.3) is 0 Å². The maximum Gasteiger partial charge on any atom is 0.307 e. The van der Waals surface area contributed by atoms with Gasteiger partial charge in [-0.1, -0.05) is 109 Å². The molecular formula is C46H61Cl2N3O4. The maximum absolute atomic E-state index is 12.9. The van der Waals surface area contributed by atoms with Crippen LogP contribution in [0, 0.1) is 0 Å². The number of piperazine rings is 1. The third kappa shape index (κ3) is 16.5. The molecule has 4 rings (SSSR count). The van der Waals surface area contributed by atoms with Crippen LogP contribution in [0.1, 0.15) is 96.0 Å². The van der Waals surface area contributed by atoms with Gasteiger partial charge in [0, 0.05) is 45.1 Å². The van der Waals surface area contributed by atoms with Gasteiger partial charge in [-0.15, -0.1) is 0 Å². The Morgan fingerprint density at radius 3 is 2.15 bits per heavy atom. The van der Waals surface area contributed by atoms with E-state index in [2.05, 4.69) is 77.5 Å². The van der Waals surface area contributed by atoms with Crippen molar-refractivity contribution in [2.75, 3.05) is 55.9 Å². The first kappa shape index (κ1) is 43.9. The highest BCUT2D eigenvalue weighted by molar-refractivity contribution is 6.43. The summed E-state index contributed by atoms with van der Waals surface area (Å²) in [6, 6.07) is 11.7. The van der Waals surface area contributed by atoms with Gasteiger partial charge in [0.15, 0.2) is 6.73 Å². The lowest BCUT2D eigenvalue weighted by Gasteiger charge is -2.36. The number of unbranched alkanes of at least 4 members (excludes halogenated alkanes) is 4. The molecule has 55 heavy (non-hydrogen) atoms. The molecule has 2 heterocycles. The number of allylic oxidation sites excluding steroid dienone is 10. The summed E-state index contributed by atoms with van der Waals surface area (Å²) < 4.78 is 11.7. The van der Waals surface area contributed by atoms with Crippen molar-refractivity contribution >= 4 is 46.5 Å². The molecular weight excluding hydrogens is 729 g/mol. The fourth-order valence-corrected chi connectivity index (χ4v) is 7.03. The summed E-state index contributed by atoms with van der Waals surface area (Å²) in [6.45, 7) is 7.50. The molecule has 2 aliphatic rings. The number of rotatable bonds is 24.